The van der Waals surface area contributed by atoms with Crippen molar-refractivity contribution in [2.45, 2.75) is 283 Å². The summed E-state index contributed by atoms with van der Waals surface area (Å²) in [4.78, 5) is 23.2. The summed E-state index contributed by atoms with van der Waals surface area (Å²) in [5.41, 5.74) is 0. The van der Waals surface area contributed by atoms with E-state index in [0.29, 0.717) is 17.4 Å². The molecule has 0 aromatic carbocycles. The van der Waals surface area contributed by atoms with Crippen LogP contribution in [0.1, 0.15) is 271 Å². The summed E-state index contributed by atoms with van der Waals surface area (Å²) in [6.07, 6.45) is 66.8. The number of nitrogens with one attached hydrogen (secondary N) is 1. The molecular weight excluding hydrogens is 864 g/mol. The highest BCUT2D eigenvalue weighted by Gasteiger charge is 2.27. The summed E-state index contributed by atoms with van der Waals surface area (Å²) in [6, 6.07) is -0.868. The summed E-state index contributed by atoms with van der Waals surface area (Å²) >= 11 is 0. The number of allylic oxidation sites excluding steroid dienone is 7. The van der Waals surface area contributed by atoms with Crippen LogP contribution in [0.5, 0.6) is 0 Å². The van der Waals surface area contributed by atoms with Gasteiger partial charge in [-0.15, -0.1) is 0 Å². The molecule has 0 heterocycles. The molecule has 8 nitrogen and oxygen atoms in total. The lowest BCUT2D eigenvalue weighted by atomic mass is 10.0. The summed E-state index contributed by atoms with van der Waals surface area (Å²) in [5.74, 6) is -0.190. The van der Waals surface area contributed by atoms with Crippen LogP contribution in [0.3, 0.4) is 0 Å². The monoisotopic (exact) mass is 978 g/mol. The van der Waals surface area contributed by atoms with Crippen LogP contribution in [-0.4, -0.2) is 73.4 Å². The van der Waals surface area contributed by atoms with Crippen molar-refractivity contribution >= 4 is 13.7 Å². The number of hydrogen-bond donors (Lipinski definition) is 3. The molecule has 0 aliphatic heterocycles. The minimum absolute atomic E-state index is 0.0534. The first-order valence-corrected chi connectivity index (χ1v) is 30.5. The molecule has 3 unspecified atom stereocenters. The van der Waals surface area contributed by atoms with Crippen LogP contribution in [0, 0.1) is 0 Å². The summed E-state index contributed by atoms with van der Waals surface area (Å²) in [6.45, 7) is 4.73. The van der Waals surface area contributed by atoms with Gasteiger partial charge in [-0.25, -0.2) is 4.57 Å². The standard InChI is InChI=1S/C59H113N2O6P/c1-6-8-10-12-14-16-18-19-20-21-22-23-24-25-26-27-28-29-30-31-32-33-34-35-36-37-38-39-40-41-43-45-47-49-51-53-59(63)60-57(56-67-68(64,65)66-55-54-61(3,4)5)58(62)52-50-48-46-44-42-17-15-13-11-9-7-2/h11,13,27-28,42,44,50,52,57-58,62H,6-10,12,14-26,29-41,43,45-49,51,53-56H2,1-5H3,(H-,60,63,64,65)/p+1/b13-11+,28-27-,44-42+,52-50+. The number of likely N-dealkylation sites (N-methyl/N-ethyl adjacent to an activating group) is 1. The second kappa shape index (κ2) is 50.4. The van der Waals surface area contributed by atoms with Gasteiger partial charge in [0.2, 0.25) is 5.91 Å². The largest absolute Gasteiger partial charge is 0.472 e. The van der Waals surface area contributed by atoms with Gasteiger partial charge in [0.15, 0.2) is 0 Å². The Morgan fingerprint density at radius 3 is 1.24 bits per heavy atom. The maximum atomic E-state index is 12.9. The number of phosphoric ester groups is 1. The lowest BCUT2D eigenvalue weighted by molar-refractivity contribution is -0.870. The number of rotatable bonds is 53. The third kappa shape index (κ3) is 52.3. The van der Waals surface area contributed by atoms with Gasteiger partial charge in [-0.1, -0.05) is 249 Å². The molecule has 0 saturated carbocycles. The zero-order valence-electron chi connectivity index (χ0n) is 45.6. The second-order valence-corrected chi connectivity index (χ2v) is 22.4. The van der Waals surface area contributed by atoms with Crippen molar-refractivity contribution in [3.8, 4) is 0 Å². The fraction of sp³-hybridized carbons (Fsp3) is 0.847. The van der Waals surface area contributed by atoms with E-state index in [2.05, 4.69) is 55.6 Å². The molecule has 68 heavy (non-hydrogen) atoms. The third-order valence-corrected chi connectivity index (χ3v) is 14.0. The molecule has 0 rings (SSSR count). The Balaban J connectivity index is 3.93. The van der Waals surface area contributed by atoms with Crippen molar-refractivity contribution in [1.29, 1.82) is 0 Å². The first kappa shape index (κ1) is 66.5. The Labute approximate surface area is 422 Å². The number of unbranched alkanes of at least 4 members (excludes halogenated alkanes) is 34. The Morgan fingerprint density at radius 1 is 0.485 bits per heavy atom. The molecule has 0 saturated heterocycles. The summed E-state index contributed by atoms with van der Waals surface area (Å²) < 4.78 is 23.6. The van der Waals surface area contributed by atoms with Gasteiger partial charge < -0.3 is 19.8 Å². The molecule has 0 aromatic rings. The molecule has 0 aliphatic carbocycles. The minimum Gasteiger partial charge on any atom is -0.387 e. The highest BCUT2D eigenvalue weighted by atomic mass is 31.2. The van der Waals surface area contributed by atoms with Crippen molar-refractivity contribution in [3.05, 3.63) is 48.6 Å². The molecule has 9 heteroatoms. The smallest absolute Gasteiger partial charge is 0.387 e. The maximum absolute atomic E-state index is 12.9. The average molecular weight is 979 g/mol. The number of hydrogen-bond acceptors (Lipinski definition) is 5. The average Bonchev–Trinajstić information content (AvgIpc) is 3.30. The molecule has 0 spiro atoms. The fourth-order valence-electron chi connectivity index (χ4n) is 8.43. The number of aliphatic hydroxyl groups is 1. The van der Waals surface area contributed by atoms with E-state index in [4.69, 9.17) is 9.05 Å². The normalized spacial score (nSPS) is 14.3. The minimum atomic E-state index is -4.35. The number of carbonyl (C=O) groups is 1. The van der Waals surface area contributed by atoms with Gasteiger partial charge in [0, 0.05) is 6.42 Å². The van der Waals surface area contributed by atoms with E-state index in [-0.39, 0.29) is 19.1 Å². The first-order valence-electron chi connectivity index (χ1n) is 29.0. The van der Waals surface area contributed by atoms with Gasteiger partial charge in [-0.3, -0.25) is 13.8 Å². The van der Waals surface area contributed by atoms with Crippen LogP contribution in [0.25, 0.3) is 0 Å². The predicted octanol–water partition coefficient (Wildman–Crippen LogP) is 17.5. The fourth-order valence-corrected chi connectivity index (χ4v) is 9.17. The molecule has 0 aliphatic rings. The quantitative estimate of drug-likeness (QED) is 0.0243. The highest BCUT2D eigenvalue weighted by molar-refractivity contribution is 7.47. The van der Waals surface area contributed by atoms with Crippen molar-refractivity contribution in [2.75, 3.05) is 40.9 Å². The third-order valence-electron chi connectivity index (χ3n) is 13.0. The number of carbonyl (C=O) groups excluding carboxylic acids is 1. The molecule has 3 N–H and O–H groups in total. The van der Waals surface area contributed by atoms with Crippen LogP contribution in [-0.2, 0) is 18.4 Å². The summed E-state index contributed by atoms with van der Waals surface area (Å²) in [5, 5.41) is 13.8. The van der Waals surface area contributed by atoms with E-state index in [1.807, 2.05) is 27.2 Å². The summed E-state index contributed by atoms with van der Waals surface area (Å²) in [7, 11) is 1.55. The zero-order valence-corrected chi connectivity index (χ0v) is 46.5. The van der Waals surface area contributed by atoms with Gasteiger partial charge in [0.05, 0.1) is 39.9 Å². The maximum Gasteiger partial charge on any atom is 0.472 e. The van der Waals surface area contributed by atoms with Gasteiger partial charge in [0.25, 0.3) is 0 Å². The number of quaternary nitrogens is 1. The molecule has 0 fully saturated rings. The van der Waals surface area contributed by atoms with E-state index in [1.165, 1.54) is 199 Å². The molecule has 0 radical (unpaired) electrons. The van der Waals surface area contributed by atoms with Gasteiger partial charge >= 0.3 is 7.82 Å². The van der Waals surface area contributed by atoms with Crippen LogP contribution in [0.2, 0.25) is 0 Å². The first-order chi connectivity index (χ1) is 33.0. The Hall–Kier alpha value is -1.54. The van der Waals surface area contributed by atoms with Crippen LogP contribution >= 0.6 is 7.82 Å². The molecule has 0 aromatic heterocycles. The SMILES string of the molecule is CCC/C=C/CC/C=C/CC/C=C/C(O)C(COP(=O)(O)OCC[N+](C)(C)C)NC(=O)CCCCCCCCCCCCCCCCCCC/C=C\CCCCCCCCCCCCCCCC. The number of nitrogens with zero attached hydrogens (tertiary/aromatic N) is 1. The number of amides is 1. The molecular formula is C59H114N2O6P+. The van der Waals surface area contributed by atoms with E-state index in [1.54, 1.807) is 6.08 Å². The number of phosphoric acid groups is 1. The van der Waals surface area contributed by atoms with E-state index >= 15 is 0 Å². The zero-order chi connectivity index (χ0) is 49.9. The highest BCUT2D eigenvalue weighted by Crippen LogP contribution is 2.43. The van der Waals surface area contributed by atoms with Crippen LogP contribution in [0.4, 0.5) is 0 Å². The Kier molecular flexibility index (Phi) is 49.3. The van der Waals surface area contributed by atoms with Gasteiger partial charge in [-0.05, 0) is 64.2 Å². The van der Waals surface area contributed by atoms with E-state index in [9.17, 15) is 19.4 Å². The lowest BCUT2D eigenvalue weighted by Gasteiger charge is -2.25. The Bertz CT molecular complexity index is 1250. The van der Waals surface area contributed by atoms with Crippen LogP contribution in [0.15, 0.2) is 48.6 Å². The van der Waals surface area contributed by atoms with Crippen molar-refractivity contribution < 1.29 is 32.9 Å². The van der Waals surface area contributed by atoms with Crippen LogP contribution < -0.4 is 5.32 Å². The molecule has 3 atom stereocenters. The van der Waals surface area contributed by atoms with Crippen molar-refractivity contribution in [3.63, 3.8) is 0 Å². The van der Waals surface area contributed by atoms with Gasteiger partial charge in [0.1, 0.15) is 13.2 Å². The van der Waals surface area contributed by atoms with E-state index in [0.717, 1.165) is 51.4 Å². The predicted molar refractivity (Wildman–Crippen MR) is 295 cm³/mol. The van der Waals surface area contributed by atoms with Crippen molar-refractivity contribution in [1.82, 2.24) is 5.32 Å². The topological polar surface area (TPSA) is 105 Å². The van der Waals surface area contributed by atoms with Crippen molar-refractivity contribution in [2.24, 2.45) is 0 Å². The Morgan fingerprint density at radius 2 is 0.838 bits per heavy atom. The molecule has 400 valence electrons. The van der Waals surface area contributed by atoms with E-state index < -0.39 is 20.0 Å². The molecule has 0 bridgehead atoms. The van der Waals surface area contributed by atoms with Gasteiger partial charge in [-0.2, -0.15) is 0 Å². The molecule has 1 amide bonds. The number of aliphatic hydroxyl groups excluding tert-OH is 1. The second-order valence-electron chi connectivity index (χ2n) is 21.0. The lowest BCUT2D eigenvalue weighted by Crippen LogP contribution is -2.45.